The van der Waals surface area contributed by atoms with E-state index in [9.17, 15) is 14.9 Å². The van der Waals surface area contributed by atoms with Crippen molar-refractivity contribution in [2.75, 3.05) is 26.7 Å². The number of likely N-dealkylation sites (N-methyl/N-ethyl adjacent to an activating group) is 1. The number of rotatable bonds is 3. The molecule has 1 unspecified atom stereocenters. The molecule has 7 heteroatoms. The lowest BCUT2D eigenvalue weighted by Crippen LogP contribution is -2.49. The molecule has 1 atom stereocenters. The fourth-order valence-electron chi connectivity index (χ4n) is 3.11. The standard InChI is InChI=1S/C18H18ClN3O3/c1-20-9-10-21(17(12-20)13-5-3-2-4-6-13)18(23)15-8-7-14(19)11-16(15)22(24)25/h2-8,11,17H,9-10,12H2,1H3. The summed E-state index contributed by atoms with van der Waals surface area (Å²) in [5, 5.41) is 11.6. The lowest BCUT2D eigenvalue weighted by molar-refractivity contribution is -0.385. The Kier molecular flexibility index (Phi) is 5.01. The van der Waals surface area contributed by atoms with Crippen LogP contribution in [0.4, 0.5) is 5.69 Å². The number of nitro benzene ring substituents is 1. The number of halogens is 1. The minimum absolute atomic E-state index is 0.0693. The molecule has 0 saturated carbocycles. The molecule has 2 aromatic rings. The summed E-state index contributed by atoms with van der Waals surface area (Å²) in [5.74, 6) is -0.342. The van der Waals surface area contributed by atoms with E-state index in [1.165, 1.54) is 18.2 Å². The van der Waals surface area contributed by atoms with Crippen LogP contribution in [0.5, 0.6) is 0 Å². The highest BCUT2D eigenvalue weighted by Gasteiger charge is 2.33. The Morgan fingerprint density at radius 1 is 1.20 bits per heavy atom. The maximum atomic E-state index is 13.1. The zero-order valence-electron chi connectivity index (χ0n) is 13.8. The number of carbonyl (C=O) groups is 1. The monoisotopic (exact) mass is 359 g/mol. The highest BCUT2D eigenvalue weighted by atomic mass is 35.5. The van der Waals surface area contributed by atoms with Crippen molar-refractivity contribution in [2.45, 2.75) is 6.04 Å². The molecule has 0 spiro atoms. The van der Waals surface area contributed by atoms with Crippen LogP contribution < -0.4 is 0 Å². The van der Waals surface area contributed by atoms with Gasteiger partial charge in [0.15, 0.2) is 0 Å². The molecule has 1 aliphatic rings. The Labute approximate surface area is 150 Å². The van der Waals surface area contributed by atoms with Crippen molar-refractivity contribution in [1.29, 1.82) is 0 Å². The fraction of sp³-hybridized carbons (Fsp3) is 0.278. The molecule has 0 aliphatic carbocycles. The Morgan fingerprint density at radius 3 is 2.60 bits per heavy atom. The maximum absolute atomic E-state index is 13.1. The van der Waals surface area contributed by atoms with Crippen LogP contribution in [0.3, 0.4) is 0 Å². The lowest BCUT2D eigenvalue weighted by atomic mass is 10.0. The average molecular weight is 360 g/mol. The molecule has 0 N–H and O–H groups in total. The number of benzene rings is 2. The van der Waals surface area contributed by atoms with Crippen molar-refractivity contribution in [3.8, 4) is 0 Å². The predicted molar refractivity (Wildman–Crippen MR) is 95.8 cm³/mol. The summed E-state index contributed by atoms with van der Waals surface area (Å²) in [6.07, 6.45) is 0. The van der Waals surface area contributed by atoms with Gasteiger partial charge in [0.2, 0.25) is 0 Å². The van der Waals surface area contributed by atoms with Crippen LogP contribution in [0.1, 0.15) is 22.0 Å². The summed E-state index contributed by atoms with van der Waals surface area (Å²) in [4.78, 5) is 27.7. The molecule has 6 nitrogen and oxygen atoms in total. The molecule has 0 aromatic heterocycles. The summed E-state index contributed by atoms with van der Waals surface area (Å²) in [7, 11) is 2.00. The van der Waals surface area contributed by atoms with Crippen LogP contribution in [0.15, 0.2) is 48.5 Å². The van der Waals surface area contributed by atoms with Crippen molar-refractivity contribution < 1.29 is 9.72 Å². The van der Waals surface area contributed by atoms with E-state index in [1.54, 1.807) is 4.90 Å². The molecule has 130 valence electrons. The van der Waals surface area contributed by atoms with Gasteiger partial charge in [0.25, 0.3) is 11.6 Å². The Hall–Kier alpha value is -2.44. The van der Waals surface area contributed by atoms with Gasteiger partial charge in [0, 0.05) is 30.7 Å². The number of hydrogen-bond donors (Lipinski definition) is 0. The van der Waals surface area contributed by atoms with E-state index in [0.29, 0.717) is 13.1 Å². The number of nitrogens with zero attached hydrogens (tertiary/aromatic N) is 3. The van der Waals surface area contributed by atoms with Gasteiger partial charge in [0.05, 0.1) is 11.0 Å². The van der Waals surface area contributed by atoms with Crippen molar-refractivity contribution in [3.63, 3.8) is 0 Å². The van der Waals surface area contributed by atoms with E-state index >= 15 is 0 Å². The van der Waals surface area contributed by atoms with E-state index in [1.807, 2.05) is 37.4 Å². The molecule has 0 radical (unpaired) electrons. The van der Waals surface area contributed by atoms with Gasteiger partial charge in [0.1, 0.15) is 5.56 Å². The smallest absolute Gasteiger partial charge is 0.283 e. The van der Waals surface area contributed by atoms with Gasteiger partial charge in [-0.3, -0.25) is 14.9 Å². The van der Waals surface area contributed by atoms with E-state index in [4.69, 9.17) is 11.6 Å². The number of hydrogen-bond acceptors (Lipinski definition) is 4. The zero-order chi connectivity index (χ0) is 18.0. The molecule has 2 aromatic carbocycles. The number of amides is 1. The number of piperazine rings is 1. The molecule has 1 saturated heterocycles. The summed E-state index contributed by atoms with van der Waals surface area (Å²) < 4.78 is 0. The molecule has 3 rings (SSSR count). The third-order valence-electron chi connectivity index (χ3n) is 4.42. The van der Waals surface area contributed by atoms with E-state index < -0.39 is 4.92 Å². The van der Waals surface area contributed by atoms with Crippen molar-refractivity contribution in [2.24, 2.45) is 0 Å². The first-order valence-electron chi connectivity index (χ1n) is 7.96. The molecule has 0 bridgehead atoms. The van der Waals surface area contributed by atoms with Gasteiger partial charge in [-0.05, 0) is 24.7 Å². The quantitative estimate of drug-likeness (QED) is 0.622. The van der Waals surface area contributed by atoms with Crippen molar-refractivity contribution >= 4 is 23.2 Å². The van der Waals surface area contributed by atoms with E-state index in [2.05, 4.69) is 4.90 Å². The second kappa shape index (κ2) is 7.21. The first kappa shape index (κ1) is 17.4. The van der Waals surface area contributed by atoms with Gasteiger partial charge in [-0.15, -0.1) is 0 Å². The first-order valence-corrected chi connectivity index (χ1v) is 8.33. The van der Waals surface area contributed by atoms with Gasteiger partial charge < -0.3 is 9.80 Å². The predicted octanol–water partition coefficient (Wildman–Crippen LogP) is 3.38. The lowest BCUT2D eigenvalue weighted by Gasteiger charge is -2.40. The molecule has 1 aliphatic heterocycles. The highest BCUT2D eigenvalue weighted by molar-refractivity contribution is 6.31. The highest BCUT2D eigenvalue weighted by Crippen LogP contribution is 2.30. The van der Waals surface area contributed by atoms with Crippen LogP contribution in [-0.4, -0.2) is 47.3 Å². The summed E-state index contributed by atoms with van der Waals surface area (Å²) in [6.45, 7) is 1.91. The topological polar surface area (TPSA) is 66.7 Å². The van der Waals surface area contributed by atoms with Gasteiger partial charge in [-0.25, -0.2) is 0 Å². The molecule has 1 heterocycles. The fourth-order valence-corrected chi connectivity index (χ4v) is 3.28. The Bertz CT molecular complexity index is 797. The minimum atomic E-state index is -0.563. The third kappa shape index (κ3) is 3.65. The summed E-state index contributed by atoms with van der Waals surface area (Å²) in [6, 6.07) is 13.7. The normalized spacial score (nSPS) is 18.2. The molecular weight excluding hydrogens is 342 g/mol. The number of carbonyl (C=O) groups excluding carboxylic acids is 1. The Balaban J connectivity index is 1.99. The zero-order valence-corrected chi connectivity index (χ0v) is 14.5. The number of nitro groups is 1. The summed E-state index contributed by atoms with van der Waals surface area (Å²) >= 11 is 5.86. The molecule has 1 amide bonds. The van der Waals surface area contributed by atoms with Crippen LogP contribution in [0.2, 0.25) is 5.02 Å². The van der Waals surface area contributed by atoms with Gasteiger partial charge in [-0.2, -0.15) is 0 Å². The third-order valence-corrected chi connectivity index (χ3v) is 4.65. The van der Waals surface area contributed by atoms with E-state index in [-0.39, 0.29) is 28.2 Å². The minimum Gasteiger partial charge on any atom is -0.329 e. The molecule has 1 fully saturated rings. The van der Waals surface area contributed by atoms with Crippen molar-refractivity contribution in [1.82, 2.24) is 9.80 Å². The second-order valence-corrected chi connectivity index (χ2v) is 6.54. The van der Waals surface area contributed by atoms with Gasteiger partial charge >= 0.3 is 0 Å². The van der Waals surface area contributed by atoms with E-state index in [0.717, 1.165) is 12.1 Å². The SMILES string of the molecule is CN1CCN(C(=O)c2ccc(Cl)cc2[N+](=O)[O-])C(c2ccccc2)C1. The van der Waals surface area contributed by atoms with Crippen molar-refractivity contribution in [3.05, 3.63) is 74.8 Å². The van der Waals surface area contributed by atoms with Crippen LogP contribution in [-0.2, 0) is 0 Å². The first-order chi connectivity index (χ1) is 12.0. The van der Waals surface area contributed by atoms with Crippen LogP contribution in [0.25, 0.3) is 0 Å². The van der Waals surface area contributed by atoms with Crippen LogP contribution >= 0.6 is 11.6 Å². The van der Waals surface area contributed by atoms with Crippen LogP contribution in [0, 0.1) is 10.1 Å². The average Bonchev–Trinajstić information content (AvgIpc) is 2.61. The molecule has 25 heavy (non-hydrogen) atoms. The second-order valence-electron chi connectivity index (χ2n) is 6.11. The maximum Gasteiger partial charge on any atom is 0.283 e. The summed E-state index contributed by atoms with van der Waals surface area (Å²) in [5.41, 5.74) is 0.821. The Morgan fingerprint density at radius 2 is 1.92 bits per heavy atom. The molecular formula is C18H18ClN3O3. The van der Waals surface area contributed by atoms with Gasteiger partial charge in [-0.1, -0.05) is 41.9 Å². The largest absolute Gasteiger partial charge is 0.329 e.